The van der Waals surface area contributed by atoms with E-state index in [1.807, 2.05) is 25.1 Å². The molecular formula is C24H27ClN4OS. The van der Waals surface area contributed by atoms with Crippen molar-refractivity contribution in [3.8, 4) is 0 Å². The van der Waals surface area contributed by atoms with Crippen LogP contribution in [0.15, 0.2) is 52.4 Å². The number of halogens is 1. The lowest BCUT2D eigenvalue weighted by Gasteiger charge is -2.33. The lowest BCUT2D eigenvalue weighted by Crippen LogP contribution is -2.39. The van der Waals surface area contributed by atoms with E-state index < -0.39 is 5.66 Å². The third kappa shape index (κ3) is 5.03. The third-order valence-electron chi connectivity index (χ3n) is 5.83. The number of amides is 1. The van der Waals surface area contributed by atoms with Gasteiger partial charge >= 0.3 is 0 Å². The summed E-state index contributed by atoms with van der Waals surface area (Å²) in [5, 5.41) is 4.46. The second-order valence-corrected chi connectivity index (χ2v) is 9.65. The van der Waals surface area contributed by atoms with Crippen molar-refractivity contribution in [2.75, 3.05) is 31.2 Å². The highest BCUT2D eigenvalue weighted by Crippen LogP contribution is 2.35. The Hall–Kier alpha value is -2.15. The van der Waals surface area contributed by atoms with Gasteiger partial charge in [0.2, 0.25) is 5.91 Å². The molecule has 1 N–H and O–H groups in total. The second-order valence-electron chi connectivity index (χ2n) is 8.28. The molecule has 2 aliphatic heterocycles. The molecule has 0 aromatic heterocycles. The van der Waals surface area contributed by atoms with E-state index in [9.17, 15) is 4.79 Å². The maximum atomic E-state index is 12.7. The summed E-state index contributed by atoms with van der Waals surface area (Å²) in [7, 11) is 2.13. The van der Waals surface area contributed by atoms with Crippen molar-refractivity contribution in [2.24, 2.45) is 9.98 Å². The maximum Gasteiger partial charge on any atom is 0.234 e. The van der Waals surface area contributed by atoms with Crippen LogP contribution in [0.3, 0.4) is 0 Å². The smallest absolute Gasteiger partial charge is 0.234 e. The summed E-state index contributed by atoms with van der Waals surface area (Å²) >= 11 is 7.63. The molecular weight excluding hydrogens is 428 g/mol. The molecule has 0 unspecified atom stereocenters. The van der Waals surface area contributed by atoms with E-state index in [4.69, 9.17) is 21.6 Å². The van der Waals surface area contributed by atoms with Gasteiger partial charge in [0.05, 0.1) is 11.5 Å². The summed E-state index contributed by atoms with van der Waals surface area (Å²) in [4.78, 5) is 25.1. The van der Waals surface area contributed by atoms with Gasteiger partial charge in [-0.3, -0.25) is 9.79 Å². The van der Waals surface area contributed by atoms with Gasteiger partial charge in [-0.2, -0.15) is 0 Å². The number of rotatable bonds is 4. The highest BCUT2D eigenvalue weighted by atomic mass is 35.5. The average molecular weight is 455 g/mol. The minimum absolute atomic E-state index is 0.0781. The summed E-state index contributed by atoms with van der Waals surface area (Å²) in [5.74, 6) is 0.191. The van der Waals surface area contributed by atoms with Crippen LogP contribution in [-0.4, -0.2) is 53.1 Å². The van der Waals surface area contributed by atoms with Gasteiger partial charge in [0.1, 0.15) is 5.04 Å². The van der Waals surface area contributed by atoms with Crippen LogP contribution in [-0.2, 0) is 4.79 Å². The zero-order valence-corrected chi connectivity index (χ0v) is 19.7. The Morgan fingerprint density at radius 2 is 1.84 bits per heavy atom. The van der Waals surface area contributed by atoms with Gasteiger partial charge in [-0.1, -0.05) is 59.3 Å². The minimum Gasteiger partial charge on any atom is -0.325 e. The maximum absolute atomic E-state index is 12.7. The van der Waals surface area contributed by atoms with Crippen molar-refractivity contribution >= 4 is 45.7 Å². The number of aliphatic imine (C=N–C) groups is 2. The van der Waals surface area contributed by atoms with Crippen molar-refractivity contribution in [1.82, 2.24) is 4.90 Å². The Kier molecular flexibility index (Phi) is 6.51. The van der Waals surface area contributed by atoms with Gasteiger partial charge < -0.3 is 10.2 Å². The molecule has 0 aliphatic carbocycles. The van der Waals surface area contributed by atoms with E-state index in [1.165, 1.54) is 17.3 Å². The summed E-state index contributed by atoms with van der Waals surface area (Å²) in [6.45, 7) is 5.92. The summed E-state index contributed by atoms with van der Waals surface area (Å²) in [6, 6.07) is 13.9. The van der Waals surface area contributed by atoms with Gasteiger partial charge in [0.25, 0.3) is 0 Å². The van der Waals surface area contributed by atoms with Crippen LogP contribution in [0.25, 0.3) is 0 Å². The zero-order valence-electron chi connectivity index (χ0n) is 18.1. The van der Waals surface area contributed by atoms with Gasteiger partial charge in [0.15, 0.2) is 5.66 Å². The summed E-state index contributed by atoms with van der Waals surface area (Å²) in [5.41, 5.74) is 4.38. The molecule has 1 fully saturated rings. The number of nitrogens with zero attached hydrogens (tertiary/aromatic N) is 3. The van der Waals surface area contributed by atoms with Crippen molar-refractivity contribution in [2.45, 2.75) is 32.4 Å². The first-order valence-electron chi connectivity index (χ1n) is 10.5. The Morgan fingerprint density at radius 3 is 2.55 bits per heavy atom. The molecule has 162 valence electrons. The molecule has 1 amide bonds. The van der Waals surface area contributed by atoms with Crippen LogP contribution in [0.1, 0.15) is 29.5 Å². The fraction of sp³-hybridized carbons (Fsp3) is 0.375. The number of aryl methyl sites for hydroxylation is 1. The summed E-state index contributed by atoms with van der Waals surface area (Å²) < 4.78 is 0. The van der Waals surface area contributed by atoms with Gasteiger partial charge in [-0.25, -0.2) is 4.99 Å². The lowest BCUT2D eigenvalue weighted by molar-refractivity contribution is -0.113. The quantitative estimate of drug-likeness (QED) is 0.710. The highest BCUT2D eigenvalue weighted by Gasteiger charge is 2.39. The number of hydrogen-bond acceptors (Lipinski definition) is 5. The molecule has 1 spiro atoms. The first-order chi connectivity index (χ1) is 14.8. The fourth-order valence-electron chi connectivity index (χ4n) is 3.79. The number of piperidine rings is 1. The van der Waals surface area contributed by atoms with Crippen LogP contribution in [0.5, 0.6) is 0 Å². The highest BCUT2D eigenvalue weighted by molar-refractivity contribution is 8.16. The summed E-state index contributed by atoms with van der Waals surface area (Å²) in [6.07, 6.45) is 1.80. The third-order valence-corrected chi connectivity index (χ3v) is 7.20. The predicted octanol–water partition coefficient (Wildman–Crippen LogP) is 4.95. The van der Waals surface area contributed by atoms with E-state index in [-0.39, 0.29) is 11.7 Å². The number of carbonyl (C=O) groups excluding carboxylic acids is 1. The average Bonchev–Trinajstić information content (AvgIpc) is 3.11. The number of nitrogens with one attached hydrogen (secondary N) is 1. The molecule has 5 nitrogen and oxygen atoms in total. The minimum atomic E-state index is -0.394. The standard InChI is InChI=1S/C24H27ClN4OS/c1-16-7-9-18(10-8-16)22-23(28-24(27-22)11-13-29(3)14-12-24)31-15-21(30)26-20-6-4-5-19(25)17(20)2/h4-10H,11-15H2,1-3H3,(H,26,30). The van der Waals surface area contributed by atoms with E-state index in [0.717, 1.165) is 53.5 Å². The van der Waals surface area contributed by atoms with E-state index >= 15 is 0 Å². The molecule has 31 heavy (non-hydrogen) atoms. The van der Waals surface area contributed by atoms with Crippen molar-refractivity contribution in [3.63, 3.8) is 0 Å². The Balaban J connectivity index is 1.51. The Labute approximate surface area is 193 Å². The number of anilines is 1. The van der Waals surface area contributed by atoms with Crippen LogP contribution in [0.4, 0.5) is 5.69 Å². The number of hydrogen-bond donors (Lipinski definition) is 1. The van der Waals surface area contributed by atoms with Gasteiger partial charge in [-0.15, -0.1) is 0 Å². The number of likely N-dealkylation sites (tertiary alicyclic amines) is 1. The molecule has 2 aromatic rings. The van der Waals surface area contributed by atoms with Crippen LogP contribution >= 0.6 is 23.4 Å². The molecule has 0 saturated carbocycles. The second kappa shape index (κ2) is 9.15. The van der Waals surface area contributed by atoms with E-state index in [0.29, 0.717) is 5.02 Å². The van der Waals surface area contributed by atoms with Crippen molar-refractivity contribution < 1.29 is 4.79 Å². The van der Waals surface area contributed by atoms with Crippen LogP contribution < -0.4 is 5.32 Å². The molecule has 0 atom stereocenters. The lowest BCUT2D eigenvalue weighted by atomic mass is 9.99. The predicted molar refractivity (Wildman–Crippen MR) is 132 cm³/mol. The monoisotopic (exact) mass is 454 g/mol. The molecule has 1 saturated heterocycles. The molecule has 2 aromatic carbocycles. The Bertz CT molecular complexity index is 1040. The van der Waals surface area contributed by atoms with Crippen molar-refractivity contribution in [1.29, 1.82) is 0 Å². The molecule has 0 radical (unpaired) electrons. The number of benzene rings is 2. The fourth-order valence-corrected chi connectivity index (χ4v) is 4.84. The molecule has 2 heterocycles. The zero-order chi connectivity index (χ0) is 22.0. The largest absolute Gasteiger partial charge is 0.325 e. The van der Waals surface area contributed by atoms with E-state index in [1.54, 1.807) is 0 Å². The Morgan fingerprint density at radius 1 is 1.13 bits per heavy atom. The van der Waals surface area contributed by atoms with Crippen LogP contribution in [0.2, 0.25) is 5.02 Å². The molecule has 0 bridgehead atoms. The number of carbonyl (C=O) groups is 1. The van der Waals surface area contributed by atoms with Crippen molar-refractivity contribution in [3.05, 3.63) is 64.2 Å². The normalized spacial score (nSPS) is 18.1. The molecule has 2 aliphatic rings. The number of thioether (sulfide) groups is 1. The SMILES string of the molecule is Cc1ccc(C2=NC3(CCN(C)CC3)N=C2SCC(=O)Nc2cccc(Cl)c2C)cc1. The van der Waals surface area contributed by atoms with Crippen LogP contribution in [0, 0.1) is 13.8 Å². The molecule has 7 heteroatoms. The van der Waals surface area contributed by atoms with E-state index in [2.05, 4.69) is 48.5 Å². The molecule has 4 rings (SSSR count). The topological polar surface area (TPSA) is 57.1 Å². The first kappa shape index (κ1) is 22.1. The first-order valence-corrected chi connectivity index (χ1v) is 11.8. The van der Waals surface area contributed by atoms with Gasteiger partial charge in [-0.05, 0) is 38.6 Å². The van der Waals surface area contributed by atoms with Gasteiger partial charge in [0, 0.05) is 42.2 Å².